The number of phosphoric ester groups is 1. The van der Waals surface area contributed by atoms with Crippen LogP contribution in [0.15, 0.2) is 72.2 Å². The monoisotopic (exact) mass is 1390 g/mol. The molecular weight excluding hydrogens is 1330 g/mol. The number of fused-ring (bicyclic) bond motifs is 5. The van der Waals surface area contributed by atoms with Gasteiger partial charge < -0.3 is 79.5 Å². The fourth-order valence-electron chi connectivity index (χ4n) is 13.2. The molecule has 10 N–H and O–H groups in total. The van der Waals surface area contributed by atoms with Gasteiger partial charge in [-0.3, -0.25) is 18.9 Å². The number of aromatic carboxylic acids is 1. The highest BCUT2D eigenvalue weighted by molar-refractivity contribution is 7.66. The Hall–Kier alpha value is -8.59. The van der Waals surface area contributed by atoms with Gasteiger partial charge in [0.15, 0.2) is 6.23 Å². The van der Waals surface area contributed by atoms with E-state index in [1.807, 2.05) is 0 Å². The van der Waals surface area contributed by atoms with Gasteiger partial charge in [-0.05, 0) is 117 Å². The maximum Gasteiger partial charge on any atom is 0.490 e. The summed E-state index contributed by atoms with van der Waals surface area (Å²) in [4.78, 5) is 104. The number of amides is 3. The van der Waals surface area contributed by atoms with Crippen LogP contribution in [0.25, 0.3) is 27.0 Å². The van der Waals surface area contributed by atoms with Crippen LogP contribution in [0.5, 0.6) is 17.2 Å². The van der Waals surface area contributed by atoms with Crippen molar-refractivity contribution < 1.29 is 94.4 Å². The van der Waals surface area contributed by atoms with E-state index in [0.717, 1.165) is 117 Å². The van der Waals surface area contributed by atoms with Gasteiger partial charge in [-0.15, -0.1) is 0 Å². The number of azide groups is 1. The zero-order valence-corrected chi connectivity index (χ0v) is 54.7. The van der Waals surface area contributed by atoms with Crippen molar-refractivity contribution in [2.45, 2.75) is 82.8 Å². The van der Waals surface area contributed by atoms with E-state index in [-0.39, 0.29) is 80.7 Å². The molecular formula is C62H68N12O20P3+. The summed E-state index contributed by atoms with van der Waals surface area (Å²) in [7, 11) is -16.7. The molecule has 8 heterocycles. The quantitative estimate of drug-likeness (QED) is 0.00683. The number of carbonyl (C=O) groups is 4. The average Bonchev–Trinajstić information content (AvgIpc) is 1.36. The SMILES string of the molecule is [N-]=[N+]=NC(COc1cccc(C(=O)NCCNC(=O)c2ccc(C(=O)O)c(C3=c4cc5c6c(c4Oc4c3cc3c7c4CCCN7CCC3)CCC[N+]=6CCC5)c2)c1)OCCOCC(=O)NCC#Cc1cn([C@H]2CC[C@@H](COP(=O)(O)OP(=O)(O)OP(=O)(O)O)O2)c2ncnc(N)c12. The Balaban J connectivity index is 0.604. The molecule has 4 aromatic carbocycles. The lowest BCUT2D eigenvalue weighted by Gasteiger charge is -2.39. The first-order chi connectivity index (χ1) is 46.6. The van der Waals surface area contributed by atoms with Gasteiger partial charge in [-0.2, -0.15) is 8.62 Å². The normalized spacial score (nSPS) is 18.2. The molecule has 5 atom stereocenters. The van der Waals surface area contributed by atoms with Crippen LogP contribution >= 0.6 is 23.5 Å². The summed E-state index contributed by atoms with van der Waals surface area (Å²) < 4.78 is 81.2. The summed E-state index contributed by atoms with van der Waals surface area (Å²) >= 11 is 0. The molecule has 510 valence electrons. The molecule has 12 rings (SSSR count). The predicted molar refractivity (Wildman–Crippen MR) is 345 cm³/mol. The Labute approximate surface area is 552 Å². The zero-order chi connectivity index (χ0) is 68.2. The number of ether oxygens (including phenoxy) is 5. The second kappa shape index (κ2) is 29.2. The number of benzene rings is 4. The van der Waals surface area contributed by atoms with Crippen molar-refractivity contribution in [3.63, 3.8) is 0 Å². The molecule has 32 nitrogen and oxygen atoms in total. The van der Waals surface area contributed by atoms with Crippen molar-refractivity contribution in [2.24, 2.45) is 5.11 Å². The Bertz CT molecular complexity index is 4560. The molecule has 6 aromatic rings. The number of phosphoric acid groups is 3. The fourth-order valence-corrected chi connectivity index (χ4v) is 16.2. The molecule has 35 heteroatoms. The summed E-state index contributed by atoms with van der Waals surface area (Å²) in [6.07, 6.45) is 8.05. The summed E-state index contributed by atoms with van der Waals surface area (Å²) in [5, 5.41) is 25.2. The number of carboxylic acids is 1. The van der Waals surface area contributed by atoms with Gasteiger partial charge in [0.05, 0.1) is 54.5 Å². The second-order valence-electron chi connectivity index (χ2n) is 23.5. The van der Waals surface area contributed by atoms with Gasteiger partial charge in [0.2, 0.25) is 11.3 Å². The van der Waals surface area contributed by atoms with Crippen LogP contribution in [-0.4, -0.2) is 154 Å². The summed E-state index contributed by atoms with van der Waals surface area (Å²) in [5.74, 6) is 5.05. The van der Waals surface area contributed by atoms with Crippen LogP contribution in [0.2, 0.25) is 0 Å². The van der Waals surface area contributed by atoms with Crippen molar-refractivity contribution >= 4 is 75.3 Å². The van der Waals surface area contributed by atoms with Gasteiger partial charge in [0.25, 0.3) is 11.8 Å². The molecule has 2 aromatic heterocycles. The number of hydrogen-bond donors (Lipinski definition) is 9. The predicted octanol–water partition coefficient (Wildman–Crippen LogP) is 4.54. The highest BCUT2D eigenvalue weighted by atomic mass is 31.3. The lowest BCUT2D eigenvalue weighted by Crippen LogP contribution is -2.45. The van der Waals surface area contributed by atoms with Crippen molar-refractivity contribution in [1.82, 2.24) is 35.1 Å². The van der Waals surface area contributed by atoms with Crippen LogP contribution in [0, 0.1) is 11.8 Å². The van der Waals surface area contributed by atoms with Crippen LogP contribution in [-0.2, 0) is 71.5 Å². The number of hydrogen-bond acceptors (Lipinski definition) is 20. The maximum atomic E-state index is 14.1. The largest absolute Gasteiger partial charge is 0.491 e. The van der Waals surface area contributed by atoms with Gasteiger partial charge >= 0.3 is 29.4 Å². The third-order valence-electron chi connectivity index (χ3n) is 17.1. The van der Waals surface area contributed by atoms with Crippen molar-refractivity contribution in [1.29, 1.82) is 0 Å². The van der Waals surface area contributed by atoms with Crippen LogP contribution < -0.4 is 51.2 Å². The van der Waals surface area contributed by atoms with Gasteiger partial charge in [-0.25, -0.2) is 33.0 Å². The minimum Gasteiger partial charge on any atom is -0.491 e. The molecule has 3 unspecified atom stereocenters. The van der Waals surface area contributed by atoms with E-state index in [0.29, 0.717) is 28.6 Å². The highest BCUT2D eigenvalue weighted by Gasteiger charge is 2.42. The molecule has 97 heavy (non-hydrogen) atoms. The number of aryl methyl sites for hydroxylation is 2. The third kappa shape index (κ3) is 15.7. The molecule has 3 amide bonds. The number of nitrogens with two attached hydrogens (primary N) is 1. The van der Waals surface area contributed by atoms with E-state index in [2.05, 4.69) is 78.0 Å². The van der Waals surface area contributed by atoms with E-state index in [1.54, 1.807) is 35.0 Å². The van der Waals surface area contributed by atoms with Crippen LogP contribution in [0.4, 0.5) is 11.5 Å². The molecule has 0 bridgehead atoms. The number of nitrogens with zero attached hydrogens (tertiary/aromatic N) is 8. The number of anilines is 2. The molecule has 0 aliphatic carbocycles. The number of aromatic nitrogens is 3. The van der Waals surface area contributed by atoms with E-state index in [9.17, 15) is 53.3 Å². The fraction of sp³-hybridized carbons (Fsp3) is 0.403. The van der Waals surface area contributed by atoms with E-state index >= 15 is 0 Å². The van der Waals surface area contributed by atoms with Crippen molar-refractivity contribution in [3.05, 3.63) is 144 Å². The topological polar surface area (TPSA) is 442 Å². The van der Waals surface area contributed by atoms with Crippen LogP contribution in [0.1, 0.15) is 115 Å². The number of rotatable bonds is 26. The zero-order valence-electron chi connectivity index (χ0n) is 52.0. The Morgan fingerprint density at radius 1 is 0.845 bits per heavy atom. The first-order valence-corrected chi connectivity index (χ1v) is 35.8. The number of nitrogen functional groups attached to an aromatic ring is 1. The minimum atomic E-state index is -5.71. The van der Waals surface area contributed by atoms with E-state index in [1.165, 1.54) is 46.7 Å². The standard InChI is InChI=1S/C62H67N12O20P3/c63-58-52-40(31-74(59(52)69-35-68-58)51-17-15-42(91-51)32-90-96(83,84)94-97(85,86)93-95(80,81)82)8-2-18-65-49(75)33-87-25-26-88-50(70-71-64)34-89-41-11-1-7-38(27-41)60(76)66-19-20-67-61(77)39-14-16-43(62(78)79)46(30-39)53-47-28-36-9-3-21-72-23-5-12-44(54(36)72)56(47)92-57-45-13-6-24-73-22-4-10-37(55(45)73)29-48(53)57/h1,7,11,14,16,27-31,35,42,50-51H,3-6,9-10,12-13,15,17-26,32-34H2,(H9-,63,65,66,67,68,69,75,76,77,78,79,80,81,82,83,84,85,86)/p+1/t42-,50?,51+/m0/s1. The Morgan fingerprint density at radius 2 is 1.60 bits per heavy atom. The lowest BCUT2D eigenvalue weighted by atomic mass is 9.81. The smallest absolute Gasteiger partial charge is 0.490 e. The second-order valence-corrected chi connectivity index (χ2v) is 27.9. The minimum absolute atomic E-state index is 0.0420. The summed E-state index contributed by atoms with van der Waals surface area (Å²) in [5.41, 5.74) is 24.7. The van der Waals surface area contributed by atoms with Crippen molar-refractivity contribution in [3.8, 4) is 29.1 Å². The molecule has 6 aliphatic heterocycles. The lowest BCUT2D eigenvalue weighted by molar-refractivity contribution is -0.126. The third-order valence-corrected chi connectivity index (χ3v) is 20.9. The van der Waals surface area contributed by atoms with Crippen LogP contribution in [0.3, 0.4) is 0 Å². The first-order valence-electron chi connectivity index (χ1n) is 31.2. The first kappa shape index (κ1) is 68.4. The van der Waals surface area contributed by atoms with E-state index < -0.39 is 72.3 Å². The van der Waals surface area contributed by atoms with Crippen molar-refractivity contribution in [2.75, 3.05) is 89.5 Å². The number of carboxylic acid groups (broad SMARTS) is 1. The molecule has 0 saturated carbocycles. The summed E-state index contributed by atoms with van der Waals surface area (Å²) in [6, 6.07) is 15.3. The summed E-state index contributed by atoms with van der Waals surface area (Å²) in [6.45, 7) is 2.39. The molecule has 1 fully saturated rings. The number of nitrogens with one attached hydrogen (secondary N) is 3. The van der Waals surface area contributed by atoms with Gasteiger partial charge in [-0.1, -0.05) is 23.0 Å². The maximum absolute atomic E-state index is 14.1. The molecule has 6 aliphatic rings. The highest BCUT2D eigenvalue weighted by Crippen LogP contribution is 2.66. The molecule has 1 saturated heterocycles. The molecule has 0 radical (unpaired) electrons. The van der Waals surface area contributed by atoms with Gasteiger partial charge in [0.1, 0.15) is 67.6 Å². The number of carbonyl (C=O) groups excluding carboxylic acids is 3. The Kier molecular flexibility index (Phi) is 20.6. The van der Waals surface area contributed by atoms with Gasteiger partial charge in [0, 0.05) is 94.4 Å². The molecule has 0 spiro atoms. The average molecular weight is 1390 g/mol. The van der Waals surface area contributed by atoms with E-state index in [4.69, 9.17) is 43.7 Å². The Morgan fingerprint density at radius 3 is 2.37 bits per heavy atom.